The van der Waals surface area contributed by atoms with E-state index in [0.29, 0.717) is 11.6 Å². The van der Waals surface area contributed by atoms with Crippen LogP contribution >= 0.6 is 11.6 Å². The highest BCUT2D eigenvalue weighted by Crippen LogP contribution is 2.21. The van der Waals surface area contributed by atoms with E-state index in [0.717, 1.165) is 15.5 Å². The van der Waals surface area contributed by atoms with Gasteiger partial charge in [-0.25, -0.2) is 12.8 Å². The van der Waals surface area contributed by atoms with Crippen molar-refractivity contribution in [3.63, 3.8) is 0 Å². The number of halogens is 2. The standard InChI is InChI=1S/C21H25ClFN3O4S/c1-4-24-21(28)15(2)25(13-16-7-5-6-8-19(16)23)20(27)14-26(31(3,29)30)18-11-9-17(22)10-12-18/h5-12,15H,4,13-14H2,1-3H3,(H,24,28). The molecule has 0 aromatic heterocycles. The fourth-order valence-corrected chi connectivity index (χ4v) is 3.91. The van der Waals surface area contributed by atoms with E-state index in [4.69, 9.17) is 11.6 Å². The first-order valence-electron chi connectivity index (χ1n) is 9.58. The number of sulfonamides is 1. The molecule has 10 heteroatoms. The van der Waals surface area contributed by atoms with Crippen molar-refractivity contribution in [3.05, 3.63) is 64.9 Å². The van der Waals surface area contributed by atoms with Crippen LogP contribution in [-0.2, 0) is 26.2 Å². The Balaban J connectivity index is 2.38. The minimum atomic E-state index is -3.83. The Hall–Kier alpha value is -2.65. The zero-order valence-electron chi connectivity index (χ0n) is 17.5. The number of likely N-dealkylation sites (N-methyl/N-ethyl adjacent to an activating group) is 1. The number of nitrogens with one attached hydrogen (secondary N) is 1. The average molecular weight is 470 g/mol. The third-order valence-electron chi connectivity index (χ3n) is 4.61. The lowest BCUT2D eigenvalue weighted by Crippen LogP contribution is -2.51. The third kappa shape index (κ3) is 6.67. The van der Waals surface area contributed by atoms with Gasteiger partial charge >= 0.3 is 0 Å². The number of amides is 2. The first-order chi connectivity index (χ1) is 14.5. The van der Waals surface area contributed by atoms with Gasteiger partial charge in [0.05, 0.1) is 11.9 Å². The summed E-state index contributed by atoms with van der Waals surface area (Å²) in [7, 11) is -3.83. The van der Waals surface area contributed by atoms with Crippen molar-refractivity contribution in [1.29, 1.82) is 0 Å². The summed E-state index contributed by atoms with van der Waals surface area (Å²) in [4.78, 5) is 26.8. The van der Waals surface area contributed by atoms with Crippen LogP contribution in [0.2, 0.25) is 5.02 Å². The first kappa shape index (κ1) is 24.6. The topological polar surface area (TPSA) is 86.8 Å². The molecule has 0 aliphatic rings. The highest BCUT2D eigenvalue weighted by Gasteiger charge is 2.30. The van der Waals surface area contributed by atoms with Crippen molar-refractivity contribution in [3.8, 4) is 0 Å². The monoisotopic (exact) mass is 469 g/mol. The number of carbonyl (C=O) groups excluding carboxylic acids is 2. The van der Waals surface area contributed by atoms with Crippen molar-refractivity contribution in [2.24, 2.45) is 0 Å². The highest BCUT2D eigenvalue weighted by atomic mass is 35.5. The highest BCUT2D eigenvalue weighted by molar-refractivity contribution is 7.92. The Morgan fingerprint density at radius 1 is 1.13 bits per heavy atom. The second-order valence-corrected chi connectivity index (χ2v) is 9.27. The Morgan fingerprint density at radius 2 is 1.74 bits per heavy atom. The maximum absolute atomic E-state index is 14.2. The van der Waals surface area contributed by atoms with Crippen molar-refractivity contribution in [1.82, 2.24) is 10.2 Å². The van der Waals surface area contributed by atoms with Crippen molar-refractivity contribution in [2.45, 2.75) is 26.4 Å². The van der Waals surface area contributed by atoms with Crippen LogP contribution in [0.15, 0.2) is 48.5 Å². The number of anilines is 1. The van der Waals surface area contributed by atoms with Crippen molar-refractivity contribution in [2.75, 3.05) is 23.7 Å². The molecule has 7 nitrogen and oxygen atoms in total. The molecule has 0 saturated carbocycles. The average Bonchev–Trinajstić information content (AvgIpc) is 2.71. The maximum Gasteiger partial charge on any atom is 0.244 e. The van der Waals surface area contributed by atoms with Gasteiger partial charge in [-0.3, -0.25) is 13.9 Å². The normalized spacial score (nSPS) is 12.2. The van der Waals surface area contributed by atoms with Crippen LogP contribution in [0.25, 0.3) is 0 Å². The van der Waals surface area contributed by atoms with Crippen LogP contribution in [0.5, 0.6) is 0 Å². The molecule has 31 heavy (non-hydrogen) atoms. The molecule has 2 rings (SSSR count). The van der Waals surface area contributed by atoms with Gasteiger partial charge in [0.25, 0.3) is 0 Å². The molecule has 0 aliphatic carbocycles. The number of hydrogen-bond acceptors (Lipinski definition) is 4. The SMILES string of the molecule is CCNC(=O)C(C)N(Cc1ccccc1F)C(=O)CN(c1ccc(Cl)cc1)S(C)(=O)=O. The van der Waals surface area contributed by atoms with Gasteiger partial charge in [0, 0.05) is 23.7 Å². The van der Waals surface area contributed by atoms with Gasteiger partial charge in [0.1, 0.15) is 18.4 Å². The van der Waals surface area contributed by atoms with E-state index in [2.05, 4.69) is 5.32 Å². The Morgan fingerprint density at radius 3 is 2.29 bits per heavy atom. The molecule has 0 bridgehead atoms. The predicted molar refractivity (Wildman–Crippen MR) is 119 cm³/mol. The zero-order chi connectivity index (χ0) is 23.2. The van der Waals surface area contributed by atoms with Crippen LogP contribution < -0.4 is 9.62 Å². The van der Waals surface area contributed by atoms with Crippen LogP contribution in [0, 0.1) is 5.82 Å². The summed E-state index contributed by atoms with van der Waals surface area (Å²) in [5.41, 5.74) is 0.459. The van der Waals surface area contributed by atoms with Gasteiger partial charge in [-0.15, -0.1) is 0 Å². The first-order valence-corrected chi connectivity index (χ1v) is 11.8. The van der Waals surface area contributed by atoms with Gasteiger partial charge in [-0.2, -0.15) is 0 Å². The second-order valence-electron chi connectivity index (χ2n) is 6.93. The molecule has 0 spiro atoms. The lowest BCUT2D eigenvalue weighted by Gasteiger charge is -2.31. The summed E-state index contributed by atoms with van der Waals surface area (Å²) < 4.78 is 39.9. The van der Waals surface area contributed by atoms with Gasteiger partial charge in [-0.1, -0.05) is 29.8 Å². The van der Waals surface area contributed by atoms with Gasteiger partial charge in [-0.05, 0) is 44.2 Å². The van der Waals surface area contributed by atoms with E-state index in [-0.39, 0.29) is 17.8 Å². The molecule has 2 aromatic rings. The molecule has 2 amide bonds. The van der Waals surface area contributed by atoms with Crippen molar-refractivity contribution >= 4 is 39.1 Å². The zero-order valence-corrected chi connectivity index (χ0v) is 19.1. The molecule has 0 fully saturated rings. The minimum Gasteiger partial charge on any atom is -0.355 e. The Labute approximate surface area is 186 Å². The fourth-order valence-electron chi connectivity index (χ4n) is 2.94. The molecular weight excluding hydrogens is 445 g/mol. The molecular formula is C21H25ClFN3O4S. The largest absolute Gasteiger partial charge is 0.355 e. The number of nitrogens with zero attached hydrogens (tertiary/aromatic N) is 2. The lowest BCUT2D eigenvalue weighted by atomic mass is 10.1. The second kappa shape index (κ2) is 10.6. The van der Waals surface area contributed by atoms with E-state index in [1.165, 1.54) is 49.4 Å². The van der Waals surface area contributed by atoms with E-state index in [1.54, 1.807) is 13.0 Å². The molecule has 1 atom stereocenters. The predicted octanol–water partition coefficient (Wildman–Crippen LogP) is 2.80. The molecule has 0 radical (unpaired) electrons. The third-order valence-corrected chi connectivity index (χ3v) is 6.00. The van der Waals surface area contributed by atoms with Crippen LogP contribution in [0.3, 0.4) is 0 Å². The van der Waals surface area contributed by atoms with Gasteiger partial charge in [0.15, 0.2) is 0 Å². The summed E-state index contributed by atoms with van der Waals surface area (Å²) in [5, 5.41) is 3.04. The quantitative estimate of drug-likeness (QED) is 0.611. The van der Waals surface area contributed by atoms with Crippen LogP contribution in [0.4, 0.5) is 10.1 Å². The fraction of sp³-hybridized carbons (Fsp3) is 0.333. The Kier molecular flexibility index (Phi) is 8.41. The lowest BCUT2D eigenvalue weighted by molar-refractivity contribution is -0.139. The van der Waals surface area contributed by atoms with Gasteiger partial charge < -0.3 is 10.2 Å². The summed E-state index contributed by atoms with van der Waals surface area (Å²) in [6.07, 6.45) is 0.976. The summed E-state index contributed by atoms with van der Waals surface area (Å²) in [6, 6.07) is 10.9. The molecule has 1 unspecified atom stereocenters. The molecule has 0 saturated heterocycles. The number of hydrogen-bond donors (Lipinski definition) is 1. The number of carbonyl (C=O) groups is 2. The minimum absolute atomic E-state index is 0.192. The maximum atomic E-state index is 14.2. The number of rotatable bonds is 9. The summed E-state index contributed by atoms with van der Waals surface area (Å²) in [6.45, 7) is 2.85. The molecule has 1 N–H and O–H groups in total. The smallest absolute Gasteiger partial charge is 0.244 e. The summed E-state index contributed by atoms with van der Waals surface area (Å²) >= 11 is 5.87. The molecule has 0 aliphatic heterocycles. The molecule has 2 aromatic carbocycles. The van der Waals surface area contributed by atoms with Crippen LogP contribution in [0.1, 0.15) is 19.4 Å². The molecule has 0 heterocycles. The van der Waals surface area contributed by atoms with E-state index in [9.17, 15) is 22.4 Å². The van der Waals surface area contributed by atoms with E-state index < -0.39 is 40.2 Å². The van der Waals surface area contributed by atoms with Crippen LogP contribution in [-0.4, -0.2) is 50.5 Å². The van der Waals surface area contributed by atoms with E-state index in [1.807, 2.05) is 0 Å². The Bertz CT molecular complexity index is 1030. The molecule has 168 valence electrons. The van der Waals surface area contributed by atoms with E-state index >= 15 is 0 Å². The summed E-state index contributed by atoms with van der Waals surface area (Å²) in [5.74, 6) is -1.60. The number of benzene rings is 2. The van der Waals surface area contributed by atoms with Gasteiger partial charge in [0.2, 0.25) is 21.8 Å². The van der Waals surface area contributed by atoms with Crippen molar-refractivity contribution < 1.29 is 22.4 Å².